The maximum absolute atomic E-state index is 2.00. The molecule has 98 valence electrons. The lowest BCUT2D eigenvalue weighted by Crippen LogP contribution is -1.47. The number of rotatable bonds is 0. The molecule has 0 saturated carbocycles. The van der Waals surface area contributed by atoms with E-state index >= 15 is 0 Å². The number of benzene rings is 3. The van der Waals surface area contributed by atoms with E-state index in [2.05, 4.69) is 0 Å². The summed E-state index contributed by atoms with van der Waals surface area (Å²) in [7, 11) is 0. The van der Waals surface area contributed by atoms with Gasteiger partial charge in [-0.15, -0.1) is 12.4 Å². The molecule has 3 rings (SSSR count). The molecule has 0 aliphatic rings. The highest BCUT2D eigenvalue weighted by Crippen LogP contribution is 1.81. The van der Waals surface area contributed by atoms with Crippen molar-refractivity contribution in [2.24, 2.45) is 0 Å². The van der Waals surface area contributed by atoms with Crippen LogP contribution >= 0.6 is 12.4 Å². The van der Waals surface area contributed by atoms with Gasteiger partial charge in [-0.05, 0) is 0 Å². The highest BCUT2D eigenvalue weighted by atomic mass is 35.5. The van der Waals surface area contributed by atoms with Crippen LogP contribution in [0.25, 0.3) is 0 Å². The molecule has 0 radical (unpaired) electrons. The minimum absolute atomic E-state index is 0. The summed E-state index contributed by atoms with van der Waals surface area (Å²) in [4.78, 5) is 0. The molecule has 0 saturated heterocycles. The minimum Gasteiger partial charge on any atom is -0.147 e. The van der Waals surface area contributed by atoms with Crippen LogP contribution < -0.4 is 0 Å². The summed E-state index contributed by atoms with van der Waals surface area (Å²) >= 11 is 0. The van der Waals surface area contributed by atoms with E-state index in [4.69, 9.17) is 0 Å². The summed E-state index contributed by atoms with van der Waals surface area (Å²) in [6.45, 7) is 0. The molecule has 0 amide bonds. The van der Waals surface area contributed by atoms with Crippen molar-refractivity contribution in [1.82, 2.24) is 0 Å². The highest BCUT2D eigenvalue weighted by Gasteiger charge is 1.59. The number of hydrogen-bond acceptors (Lipinski definition) is 0. The Hall–Kier alpha value is -2.05. The Labute approximate surface area is 122 Å². The molecule has 0 aliphatic carbocycles. The second-order valence-electron chi connectivity index (χ2n) is 3.46. The van der Waals surface area contributed by atoms with Crippen LogP contribution in [0.15, 0.2) is 109 Å². The van der Waals surface area contributed by atoms with Crippen molar-refractivity contribution in [1.29, 1.82) is 0 Å². The summed E-state index contributed by atoms with van der Waals surface area (Å²) in [5.74, 6) is 0. The largest absolute Gasteiger partial charge is 0.147 e. The first-order chi connectivity index (χ1) is 9.00. The van der Waals surface area contributed by atoms with E-state index in [1.165, 1.54) is 0 Å². The van der Waals surface area contributed by atoms with Crippen molar-refractivity contribution >= 4 is 12.4 Å². The zero-order valence-corrected chi connectivity index (χ0v) is 11.6. The lowest BCUT2D eigenvalue weighted by atomic mass is 10.4. The SMILES string of the molecule is Cl.c1ccccc1.c1ccccc1.c1ccccc1. The van der Waals surface area contributed by atoms with Crippen molar-refractivity contribution in [3.8, 4) is 0 Å². The van der Waals surface area contributed by atoms with Gasteiger partial charge in [-0.25, -0.2) is 0 Å². The molecule has 0 aromatic heterocycles. The zero-order chi connectivity index (χ0) is 12.7. The predicted octanol–water partition coefficient (Wildman–Crippen LogP) is 5.48. The molecule has 19 heavy (non-hydrogen) atoms. The van der Waals surface area contributed by atoms with Crippen molar-refractivity contribution in [2.75, 3.05) is 0 Å². The van der Waals surface area contributed by atoms with Gasteiger partial charge in [0, 0.05) is 0 Å². The van der Waals surface area contributed by atoms with Gasteiger partial charge in [-0.3, -0.25) is 0 Å². The van der Waals surface area contributed by atoms with Gasteiger partial charge in [0.2, 0.25) is 0 Å². The topological polar surface area (TPSA) is 0 Å². The molecular formula is C18H19Cl. The zero-order valence-electron chi connectivity index (χ0n) is 10.8. The van der Waals surface area contributed by atoms with Crippen molar-refractivity contribution in [3.05, 3.63) is 109 Å². The van der Waals surface area contributed by atoms with Gasteiger partial charge >= 0.3 is 0 Å². The molecular weight excluding hydrogens is 252 g/mol. The molecule has 0 nitrogen and oxygen atoms in total. The third-order valence-corrected chi connectivity index (χ3v) is 2.00. The molecule has 0 fully saturated rings. The van der Waals surface area contributed by atoms with Crippen LogP contribution in [0.4, 0.5) is 0 Å². The summed E-state index contributed by atoms with van der Waals surface area (Å²) < 4.78 is 0. The lowest BCUT2D eigenvalue weighted by Gasteiger charge is -1.69. The summed E-state index contributed by atoms with van der Waals surface area (Å²) in [5.41, 5.74) is 0. The number of hydrogen-bond donors (Lipinski definition) is 0. The molecule has 3 aromatic rings. The van der Waals surface area contributed by atoms with Gasteiger partial charge in [0.25, 0.3) is 0 Å². The summed E-state index contributed by atoms with van der Waals surface area (Å²) in [6, 6.07) is 36.0. The van der Waals surface area contributed by atoms with Crippen LogP contribution in [0.1, 0.15) is 0 Å². The minimum atomic E-state index is 0. The molecule has 0 bridgehead atoms. The monoisotopic (exact) mass is 270 g/mol. The fraction of sp³-hybridized carbons (Fsp3) is 0. The second-order valence-corrected chi connectivity index (χ2v) is 3.46. The van der Waals surface area contributed by atoms with Crippen LogP contribution in [-0.4, -0.2) is 0 Å². The third-order valence-electron chi connectivity index (χ3n) is 2.00. The standard InChI is InChI=1S/3C6H6.ClH/c3*1-2-4-6-5-3-1;/h3*1-6H;1H. The van der Waals surface area contributed by atoms with Gasteiger partial charge in [-0.1, -0.05) is 109 Å². The average Bonchev–Trinajstić information content (AvgIpc) is 2.54. The fourth-order valence-corrected chi connectivity index (χ4v) is 1.15. The molecule has 0 aliphatic heterocycles. The van der Waals surface area contributed by atoms with E-state index < -0.39 is 0 Å². The average molecular weight is 271 g/mol. The first kappa shape index (κ1) is 16.9. The summed E-state index contributed by atoms with van der Waals surface area (Å²) in [5, 5.41) is 0. The van der Waals surface area contributed by atoms with Crippen LogP contribution in [-0.2, 0) is 0 Å². The quantitative estimate of drug-likeness (QED) is 0.507. The number of halogens is 1. The Kier molecular flexibility index (Phi) is 12.5. The Morgan fingerprint density at radius 1 is 0.158 bits per heavy atom. The second kappa shape index (κ2) is 14.0. The van der Waals surface area contributed by atoms with Crippen LogP contribution in [0.3, 0.4) is 0 Å². The van der Waals surface area contributed by atoms with Crippen LogP contribution in [0.5, 0.6) is 0 Å². The van der Waals surface area contributed by atoms with Gasteiger partial charge in [0.05, 0.1) is 0 Å². The van der Waals surface area contributed by atoms with E-state index in [9.17, 15) is 0 Å². The Balaban J connectivity index is 0.000000249. The molecule has 0 N–H and O–H groups in total. The van der Waals surface area contributed by atoms with Gasteiger partial charge < -0.3 is 0 Å². The Bertz CT molecular complexity index is 296. The van der Waals surface area contributed by atoms with E-state index in [-0.39, 0.29) is 12.4 Å². The molecule has 0 spiro atoms. The van der Waals surface area contributed by atoms with Crippen molar-refractivity contribution in [2.45, 2.75) is 0 Å². The summed E-state index contributed by atoms with van der Waals surface area (Å²) in [6.07, 6.45) is 0. The maximum Gasteiger partial charge on any atom is -0.0623 e. The molecule has 0 unspecified atom stereocenters. The molecule has 0 heterocycles. The smallest absolute Gasteiger partial charge is 0.0623 e. The van der Waals surface area contributed by atoms with Gasteiger partial charge in [-0.2, -0.15) is 0 Å². The lowest BCUT2D eigenvalue weighted by molar-refractivity contribution is 1.72. The predicted molar refractivity (Wildman–Crippen MR) is 86.6 cm³/mol. The van der Waals surface area contributed by atoms with Gasteiger partial charge in [0.15, 0.2) is 0 Å². The van der Waals surface area contributed by atoms with E-state index in [1.54, 1.807) is 0 Å². The van der Waals surface area contributed by atoms with Crippen LogP contribution in [0, 0.1) is 0 Å². The Morgan fingerprint density at radius 2 is 0.211 bits per heavy atom. The van der Waals surface area contributed by atoms with E-state index in [0.717, 1.165) is 0 Å². The van der Waals surface area contributed by atoms with Crippen LogP contribution in [0.2, 0.25) is 0 Å². The van der Waals surface area contributed by atoms with E-state index in [1.807, 2.05) is 109 Å². The van der Waals surface area contributed by atoms with Gasteiger partial charge in [0.1, 0.15) is 0 Å². The maximum atomic E-state index is 2.00. The van der Waals surface area contributed by atoms with Crippen molar-refractivity contribution < 1.29 is 0 Å². The van der Waals surface area contributed by atoms with E-state index in [0.29, 0.717) is 0 Å². The Morgan fingerprint density at radius 3 is 0.263 bits per heavy atom. The highest BCUT2D eigenvalue weighted by molar-refractivity contribution is 5.85. The first-order valence-electron chi connectivity index (χ1n) is 6.00. The third kappa shape index (κ3) is 12.2. The first-order valence-corrected chi connectivity index (χ1v) is 6.00. The normalized spacial score (nSPS) is 7.58. The van der Waals surface area contributed by atoms with Crippen molar-refractivity contribution in [3.63, 3.8) is 0 Å². The molecule has 0 atom stereocenters. The molecule has 3 aromatic carbocycles. The fourth-order valence-electron chi connectivity index (χ4n) is 1.15. The molecule has 1 heteroatoms.